The fourth-order valence-corrected chi connectivity index (χ4v) is 1.63. The number of carboxylic acids is 1. The average Bonchev–Trinajstić information content (AvgIpc) is 2.84. The van der Waals surface area contributed by atoms with E-state index in [0.717, 1.165) is 6.07 Å². The summed E-state index contributed by atoms with van der Waals surface area (Å²) in [6.07, 6.45) is 0. The molecular formula is C12H10FNO5. The summed E-state index contributed by atoms with van der Waals surface area (Å²) in [6.45, 7) is 1.55. The lowest BCUT2D eigenvalue weighted by Gasteiger charge is -2.10. The van der Waals surface area contributed by atoms with Crippen molar-refractivity contribution < 1.29 is 28.7 Å². The maximum absolute atomic E-state index is 14.1. The molecule has 1 heterocycles. The van der Waals surface area contributed by atoms with Crippen molar-refractivity contribution in [3.8, 4) is 22.8 Å². The third kappa shape index (κ3) is 2.10. The standard InChI is InChI=1S/C12H10FNO5/c1-5-3-6(9(13)11(18-2)10(5)15)7-4-8(12(16)17)19-14-7/h3-4,15H,1-2H3,(H,16,17). The number of hydrogen-bond donors (Lipinski definition) is 2. The number of carboxylic acid groups (broad SMARTS) is 1. The normalized spacial score (nSPS) is 10.5. The third-order valence-electron chi connectivity index (χ3n) is 2.59. The van der Waals surface area contributed by atoms with Gasteiger partial charge in [0.1, 0.15) is 5.69 Å². The van der Waals surface area contributed by atoms with Gasteiger partial charge in [-0.05, 0) is 18.6 Å². The molecule has 0 unspecified atom stereocenters. The second-order valence-electron chi connectivity index (χ2n) is 3.82. The van der Waals surface area contributed by atoms with E-state index in [-0.39, 0.29) is 22.8 Å². The van der Waals surface area contributed by atoms with Gasteiger partial charge in [-0.15, -0.1) is 0 Å². The van der Waals surface area contributed by atoms with Gasteiger partial charge in [-0.1, -0.05) is 5.16 Å². The monoisotopic (exact) mass is 267 g/mol. The lowest BCUT2D eigenvalue weighted by Crippen LogP contribution is -1.95. The average molecular weight is 267 g/mol. The highest BCUT2D eigenvalue weighted by Gasteiger charge is 2.21. The van der Waals surface area contributed by atoms with Crippen LogP contribution in [0.4, 0.5) is 4.39 Å². The molecule has 1 aromatic carbocycles. The van der Waals surface area contributed by atoms with Crippen LogP contribution in [0.1, 0.15) is 16.1 Å². The minimum absolute atomic E-state index is 0.0105. The van der Waals surface area contributed by atoms with Crippen molar-refractivity contribution in [1.82, 2.24) is 5.16 Å². The molecule has 2 aromatic rings. The van der Waals surface area contributed by atoms with Crippen LogP contribution in [0.25, 0.3) is 11.3 Å². The zero-order valence-corrected chi connectivity index (χ0v) is 10.1. The zero-order chi connectivity index (χ0) is 14.2. The Morgan fingerprint density at radius 1 is 1.47 bits per heavy atom. The summed E-state index contributed by atoms with van der Waals surface area (Å²) in [5.74, 6) is -3.18. The maximum atomic E-state index is 14.1. The SMILES string of the molecule is COc1c(O)c(C)cc(-c2cc(C(=O)O)on2)c1F. The fourth-order valence-electron chi connectivity index (χ4n) is 1.63. The molecular weight excluding hydrogens is 257 g/mol. The zero-order valence-electron chi connectivity index (χ0n) is 10.1. The molecule has 0 saturated heterocycles. The summed E-state index contributed by atoms with van der Waals surface area (Å²) in [7, 11) is 1.22. The largest absolute Gasteiger partial charge is 0.504 e. The van der Waals surface area contributed by atoms with Crippen LogP contribution in [0.2, 0.25) is 0 Å². The van der Waals surface area contributed by atoms with Crippen LogP contribution < -0.4 is 4.74 Å². The number of carbonyl (C=O) groups is 1. The van der Waals surface area contributed by atoms with Gasteiger partial charge in [0.2, 0.25) is 5.76 Å². The molecule has 0 aliphatic carbocycles. The Morgan fingerprint density at radius 2 is 2.16 bits per heavy atom. The van der Waals surface area contributed by atoms with E-state index in [1.165, 1.54) is 13.2 Å². The number of nitrogens with zero attached hydrogens (tertiary/aromatic N) is 1. The van der Waals surface area contributed by atoms with Crippen molar-refractivity contribution in [2.75, 3.05) is 7.11 Å². The lowest BCUT2D eigenvalue weighted by molar-refractivity contribution is 0.0652. The summed E-state index contributed by atoms with van der Waals surface area (Å²) in [5, 5.41) is 21.8. The highest BCUT2D eigenvalue weighted by molar-refractivity contribution is 5.85. The van der Waals surface area contributed by atoms with Crippen molar-refractivity contribution in [3.63, 3.8) is 0 Å². The maximum Gasteiger partial charge on any atom is 0.374 e. The first-order chi connectivity index (χ1) is 8.95. The van der Waals surface area contributed by atoms with Gasteiger partial charge in [0, 0.05) is 11.6 Å². The minimum atomic E-state index is -1.30. The van der Waals surface area contributed by atoms with Crippen LogP contribution in [-0.4, -0.2) is 28.4 Å². The van der Waals surface area contributed by atoms with Gasteiger partial charge in [0.25, 0.3) is 0 Å². The number of aromatic nitrogens is 1. The number of halogens is 1. The van der Waals surface area contributed by atoms with Crippen molar-refractivity contribution in [3.05, 3.63) is 29.3 Å². The summed E-state index contributed by atoms with van der Waals surface area (Å²) in [4.78, 5) is 10.7. The van der Waals surface area contributed by atoms with Crippen LogP contribution >= 0.6 is 0 Å². The number of phenols is 1. The number of hydrogen-bond acceptors (Lipinski definition) is 5. The van der Waals surface area contributed by atoms with E-state index in [0.29, 0.717) is 5.56 Å². The molecule has 0 amide bonds. The van der Waals surface area contributed by atoms with E-state index >= 15 is 0 Å². The van der Waals surface area contributed by atoms with Crippen LogP contribution in [0, 0.1) is 12.7 Å². The first kappa shape index (κ1) is 12.9. The fraction of sp³-hybridized carbons (Fsp3) is 0.167. The van der Waals surface area contributed by atoms with E-state index in [2.05, 4.69) is 9.68 Å². The van der Waals surface area contributed by atoms with Crippen LogP contribution in [0.15, 0.2) is 16.7 Å². The Kier molecular flexibility index (Phi) is 3.12. The number of aryl methyl sites for hydroxylation is 1. The van der Waals surface area contributed by atoms with Gasteiger partial charge >= 0.3 is 5.97 Å². The van der Waals surface area contributed by atoms with Gasteiger partial charge in [0.05, 0.1) is 7.11 Å². The minimum Gasteiger partial charge on any atom is -0.504 e. The lowest BCUT2D eigenvalue weighted by atomic mass is 10.1. The molecule has 0 saturated carbocycles. The first-order valence-electron chi connectivity index (χ1n) is 5.22. The van der Waals surface area contributed by atoms with Crippen molar-refractivity contribution in [2.45, 2.75) is 6.92 Å². The smallest absolute Gasteiger partial charge is 0.374 e. The molecule has 19 heavy (non-hydrogen) atoms. The quantitative estimate of drug-likeness (QED) is 0.885. The van der Waals surface area contributed by atoms with Gasteiger partial charge in [-0.25, -0.2) is 9.18 Å². The molecule has 0 radical (unpaired) electrons. The van der Waals surface area contributed by atoms with E-state index in [4.69, 9.17) is 9.84 Å². The van der Waals surface area contributed by atoms with Gasteiger partial charge in [-0.2, -0.15) is 0 Å². The summed E-state index contributed by atoms with van der Waals surface area (Å²) < 4.78 is 23.4. The molecule has 0 spiro atoms. The van der Waals surface area contributed by atoms with Gasteiger partial charge in [-0.3, -0.25) is 0 Å². The van der Waals surface area contributed by atoms with Crippen LogP contribution in [0.5, 0.6) is 11.5 Å². The van der Waals surface area contributed by atoms with Gasteiger partial charge in [0.15, 0.2) is 17.3 Å². The van der Waals surface area contributed by atoms with E-state index in [1.807, 2.05) is 0 Å². The summed E-state index contributed by atoms with van der Waals surface area (Å²) >= 11 is 0. The Labute approximate surface area is 107 Å². The summed E-state index contributed by atoms with van der Waals surface area (Å²) in [6, 6.07) is 2.42. The molecule has 0 bridgehead atoms. The van der Waals surface area contributed by atoms with Crippen LogP contribution in [0.3, 0.4) is 0 Å². The number of aromatic carboxylic acids is 1. The molecule has 0 fully saturated rings. The predicted octanol–water partition coefficient (Wildman–Crippen LogP) is 2.20. The first-order valence-corrected chi connectivity index (χ1v) is 5.22. The highest BCUT2D eigenvalue weighted by Crippen LogP contribution is 2.38. The second kappa shape index (κ2) is 4.60. The number of phenolic OH excluding ortho intramolecular Hbond substituents is 1. The molecule has 0 aliphatic heterocycles. The Hall–Kier alpha value is -2.57. The van der Waals surface area contributed by atoms with E-state index in [9.17, 15) is 14.3 Å². The molecule has 1 aromatic heterocycles. The Morgan fingerprint density at radius 3 is 2.68 bits per heavy atom. The number of aromatic hydroxyl groups is 1. The predicted molar refractivity (Wildman–Crippen MR) is 61.8 cm³/mol. The molecule has 100 valence electrons. The second-order valence-corrected chi connectivity index (χ2v) is 3.82. The van der Waals surface area contributed by atoms with E-state index in [1.54, 1.807) is 6.92 Å². The van der Waals surface area contributed by atoms with Crippen molar-refractivity contribution >= 4 is 5.97 Å². The number of rotatable bonds is 3. The molecule has 0 aliphatic rings. The number of ether oxygens (including phenoxy) is 1. The summed E-state index contributed by atoms with van der Waals surface area (Å²) in [5.41, 5.74) is 0.368. The Bertz CT molecular complexity index is 650. The molecule has 2 rings (SSSR count). The molecule has 2 N–H and O–H groups in total. The highest BCUT2D eigenvalue weighted by atomic mass is 19.1. The number of benzene rings is 1. The van der Waals surface area contributed by atoms with Crippen molar-refractivity contribution in [2.24, 2.45) is 0 Å². The topological polar surface area (TPSA) is 92.8 Å². The number of methoxy groups -OCH3 is 1. The molecule has 0 atom stereocenters. The van der Waals surface area contributed by atoms with Gasteiger partial charge < -0.3 is 19.5 Å². The Balaban J connectivity index is 2.61. The third-order valence-corrected chi connectivity index (χ3v) is 2.59. The molecule has 6 nitrogen and oxygen atoms in total. The van der Waals surface area contributed by atoms with Crippen molar-refractivity contribution in [1.29, 1.82) is 0 Å². The van der Waals surface area contributed by atoms with E-state index < -0.39 is 17.5 Å². The molecule has 7 heteroatoms. The van der Waals surface area contributed by atoms with Crippen LogP contribution in [-0.2, 0) is 0 Å².